The normalized spacial score (nSPS) is 11.9. The molecule has 0 aliphatic heterocycles. The Hall–Kier alpha value is -3.81. The second-order valence-corrected chi connectivity index (χ2v) is 8.07. The Kier molecular flexibility index (Phi) is 5.14. The van der Waals surface area contributed by atoms with Gasteiger partial charge in [0.05, 0.1) is 6.21 Å². The van der Waals surface area contributed by atoms with E-state index in [0.29, 0.717) is 22.9 Å². The van der Waals surface area contributed by atoms with E-state index in [2.05, 4.69) is 69.0 Å². The Labute approximate surface area is 174 Å². The molecule has 4 rings (SSSR count). The summed E-state index contributed by atoms with van der Waals surface area (Å²) in [7, 11) is 0. The minimum absolute atomic E-state index is 0.112. The van der Waals surface area contributed by atoms with Crippen LogP contribution in [0.5, 0.6) is 0 Å². The summed E-state index contributed by atoms with van der Waals surface area (Å²) in [6, 6.07) is 16.2. The summed E-state index contributed by atoms with van der Waals surface area (Å²) >= 11 is 0. The smallest absolute Gasteiger partial charge is 0.245 e. The van der Waals surface area contributed by atoms with Crippen LogP contribution in [-0.4, -0.2) is 26.5 Å². The van der Waals surface area contributed by atoms with E-state index in [1.54, 1.807) is 6.21 Å². The zero-order chi connectivity index (χ0) is 21.1. The first-order chi connectivity index (χ1) is 14.4. The zero-order valence-electron chi connectivity index (χ0n) is 17.3. The zero-order valence-corrected chi connectivity index (χ0v) is 17.3. The molecule has 8 nitrogen and oxygen atoms in total. The number of nitrogens with one attached hydrogen (secondary N) is 2. The van der Waals surface area contributed by atoms with Gasteiger partial charge in [-0.25, -0.2) is 9.61 Å². The lowest BCUT2D eigenvalue weighted by molar-refractivity contribution is 0.314. The molecular weight excluding hydrogens is 378 g/mol. The standard InChI is InChI=1S/C22H23N7O/c1-14-5-11-17(12-6-14)24-18-19(26-21-20(25-18)28-30-29-21)27-23-13-15-7-9-16(10-8-15)22(2,3)4/h5-13H,1-4H3,(H,24,25,28)(H,26,27,29)/b23-13+. The molecule has 2 heterocycles. The molecule has 2 N–H and O–H groups in total. The predicted octanol–water partition coefficient (Wildman–Crippen LogP) is 4.81. The van der Waals surface area contributed by atoms with E-state index in [9.17, 15) is 0 Å². The van der Waals surface area contributed by atoms with Gasteiger partial charge in [0, 0.05) is 5.69 Å². The van der Waals surface area contributed by atoms with Crippen LogP contribution in [0.25, 0.3) is 11.3 Å². The summed E-state index contributed by atoms with van der Waals surface area (Å²) in [6.45, 7) is 8.60. The number of nitrogens with zero attached hydrogens (tertiary/aromatic N) is 5. The topological polar surface area (TPSA) is 101 Å². The van der Waals surface area contributed by atoms with E-state index < -0.39 is 0 Å². The van der Waals surface area contributed by atoms with Crippen LogP contribution in [-0.2, 0) is 5.41 Å². The third-order valence-electron chi connectivity index (χ3n) is 4.59. The van der Waals surface area contributed by atoms with Crippen LogP contribution in [0, 0.1) is 6.92 Å². The second kappa shape index (κ2) is 7.90. The van der Waals surface area contributed by atoms with Crippen LogP contribution in [0.15, 0.2) is 58.3 Å². The van der Waals surface area contributed by atoms with Crippen LogP contribution in [0.2, 0.25) is 0 Å². The van der Waals surface area contributed by atoms with Crippen molar-refractivity contribution in [3.63, 3.8) is 0 Å². The molecule has 0 atom stereocenters. The van der Waals surface area contributed by atoms with Crippen molar-refractivity contribution in [2.45, 2.75) is 33.1 Å². The Morgan fingerprint density at radius 3 is 2.13 bits per heavy atom. The van der Waals surface area contributed by atoms with Crippen LogP contribution >= 0.6 is 0 Å². The average Bonchev–Trinajstić information content (AvgIpc) is 3.17. The van der Waals surface area contributed by atoms with Gasteiger partial charge in [-0.15, -0.1) is 0 Å². The lowest BCUT2D eigenvalue weighted by Crippen LogP contribution is -2.10. The molecular formula is C22H23N7O. The molecule has 0 radical (unpaired) electrons. The number of benzene rings is 2. The molecule has 0 bridgehead atoms. The molecule has 0 spiro atoms. The molecule has 30 heavy (non-hydrogen) atoms. The molecule has 2 aromatic heterocycles. The summed E-state index contributed by atoms with van der Waals surface area (Å²) in [6.07, 6.45) is 1.73. The molecule has 0 aliphatic rings. The van der Waals surface area contributed by atoms with Crippen LogP contribution in [0.1, 0.15) is 37.5 Å². The number of hydrazone groups is 1. The molecule has 0 saturated carbocycles. The molecule has 0 fully saturated rings. The molecule has 2 aromatic carbocycles. The van der Waals surface area contributed by atoms with Crippen molar-refractivity contribution in [2.24, 2.45) is 5.10 Å². The van der Waals surface area contributed by atoms with Gasteiger partial charge >= 0.3 is 0 Å². The van der Waals surface area contributed by atoms with Crippen LogP contribution < -0.4 is 10.7 Å². The quantitative estimate of drug-likeness (QED) is 0.365. The summed E-state index contributed by atoms with van der Waals surface area (Å²) < 4.78 is 4.73. The number of aromatic nitrogens is 4. The highest BCUT2D eigenvalue weighted by Gasteiger charge is 2.14. The van der Waals surface area contributed by atoms with Crippen molar-refractivity contribution >= 4 is 34.8 Å². The Balaban J connectivity index is 1.56. The van der Waals surface area contributed by atoms with E-state index in [1.807, 2.05) is 43.3 Å². The van der Waals surface area contributed by atoms with Gasteiger partial charge in [0.2, 0.25) is 11.3 Å². The maximum Gasteiger partial charge on any atom is 0.245 e. The van der Waals surface area contributed by atoms with Gasteiger partial charge in [0.15, 0.2) is 11.6 Å². The predicted molar refractivity (Wildman–Crippen MR) is 118 cm³/mol. The summed E-state index contributed by atoms with van der Waals surface area (Å²) in [4.78, 5) is 8.85. The lowest BCUT2D eigenvalue weighted by atomic mass is 9.87. The Morgan fingerprint density at radius 2 is 1.50 bits per heavy atom. The summed E-state index contributed by atoms with van der Waals surface area (Å²) in [5.74, 6) is 0.892. The first-order valence-electron chi connectivity index (χ1n) is 9.62. The molecule has 0 aliphatic carbocycles. The third kappa shape index (κ3) is 4.43. The van der Waals surface area contributed by atoms with Gasteiger partial charge in [-0.2, -0.15) is 10.1 Å². The van der Waals surface area contributed by atoms with Gasteiger partial charge in [-0.3, -0.25) is 5.43 Å². The fourth-order valence-electron chi connectivity index (χ4n) is 2.81. The minimum atomic E-state index is 0.112. The number of aryl methyl sites for hydroxylation is 1. The van der Waals surface area contributed by atoms with Crippen molar-refractivity contribution in [3.8, 4) is 0 Å². The molecule has 152 valence electrons. The maximum atomic E-state index is 4.73. The van der Waals surface area contributed by atoms with Crippen LogP contribution in [0.3, 0.4) is 0 Å². The SMILES string of the molecule is Cc1ccc(Nc2nc3nonc3nc2N/N=C/c2ccc(C(C)(C)C)cc2)cc1. The molecule has 8 heteroatoms. The second-order valence-electron chi connectivity index (χ2n) is 8.07. The summed E-state index contributed by atoms with van der Waals surface area (Å²) in [5.41, 5.74) is 7.96. The maximum absolute atomic E-state index is 4.73. The number of rotatable bonds is 5. The van der Waals surface area contributed by atoms with Gasteiger partial charge < -0.3 is 5.32 Å². The van der Waals surface area contributed by atoms with Crippen molar-refractivity contribution in [3.05, 3.63) is 65.2 Å². The van der Waals surface area contributed by atoms with E-state index in [0.717, 1.165) is 11.3 Å². The average molecular weight is 401 g/mol. The third-order valence-corrected chi connectivity index (χ3v) is 4.59. The van der Waals surface area contributed by atoms with E-state index in [4.69, 9.17) is 4.63 Å². The van der Waals surface area contributed by atoms with E-state index in [-0.39, 0.29) is 5.41 Å². The first kappa shape index (κ1) is 19.5. The molecule has 4 aromatic rings. The number of hydrogen-bond acceptors (Lipinski definition) is 8. The first-order valence-corrected chi connectivity index (χ1v) is 9.62. The fraction of sp³-hybridized carbons (Fsp3) is 0.227. The van der Waals surface area contributed by atoms with Gasteiger partial charge in [-0.05, 0) is 45.9 Å². The Morgan fingerprint density at radius 1 is 0.867 bits per heavy atom. The number of fused-ring (bicyclic) bond motifs is 1. The van der Waals surface area contributed by atoms with Crippen molar-refractivity contribution in [1.82, 2.24) is 20.3 Å². The van der Waals surface area contributed by atoms with Crippen molar-refractivity contribution in [2.75, 3.05) is 10.7 Å². The highest BCUT2D eigenvalue weighted by Crippen LogP contribution is 2.24. The highest BCUT2D eigenvalue weighted by atomic mass is 16.6. The summed E-state index contributed by atoms with van der Waals surface area (Å²) in [5, 5.41) is 15.1. The van der Waals surface area contributed by atoms with Crippen molar-refractivity contribution < 1.29 is 4.63 Å². The molecule has 0 amide bonds. The fourth-order valence-corrected chi connectivity index (χ4v) is 2.81. The molecule has 0 saturated heterocycles. The van der Waals surface area contributed by atoms with Gasteiger partial charge in [0.1, 0.15) is 0 Å². The largest absolute Gasteiger partial charge is 0.337 e. The monoisotopic (exact) mass is 401 g/mol. The van der Waals surface area contributed by atoms with Gasteiger partial charge in [0.25, 0.3) is 0 Å². The highest BCUT2D eigenvalue weighted by molar-refractivity contribution is 5.81. The number of anilines is 3. The number of hydrogen-bond donors (Lipinski definition) is 2. The van der Waals surface area contributed by atoms with Gasteiger partial charge in [-0.1, -0.05) is 62.7 Å². The minimum Gasteiger partial charge on any atom is -0.337 e. The van der Waals surface area contributed by atoms with E-state index in [1.165, 1.54) is 11.1 Å². The van der Waals surface area contributed by atoms with E-state index >= 15 is 0 Å². The van der Waals surface area contributed by atoms with Crippen LogP contribution in [0.4, 0.5) is 17.3 Å². The molecule has 0 unspecified atom stereocenters. The van der Waals surface area contributed by atoms with Crippen molar-refractivity contribution in [1.29, 1.82) is 0 Å². The lowest BCUT2D eigenvalue weighted by Gasteiger charge is -2.18. The Bertz CT molecular complexity index is 1170.